The molecule has 24 heavy (non-hydrogen) atoms. The highest BCUT2D eigenvalue weighted by atomic mass is 32.1. The van der Waals surface area contributed by atoms with Gasteiger partial charge in [-0.3, -0.25) is 4.79 Å². The summed E-state index contributed by atoms with van der Waals surface area (Å²) in [4.78, 5) is 27.1. The van der Waals surface area contributed by atoms with Gasteiger partial charge in [0.1, 0.15) is 0 Å². The molecule has 1 aliphatic heterocycles. The monoisotopic (exact) mass is 344 g/mol. The normalized spacial score (nSPS) is 17.6. The summed E-state index contributed by atoms with van der Waals surface area (Å²) in [6.07, 6.45) is 5.18. The summed E-state index contributed by atoms with van der Waals surface area (Å²) in [6, 6.07) is 6.10. The van der Waals surface area contributed by atoms with Crippen molar-refractivity contribution in [3.63, 3.8) is 0 Å². The zero-order chi connectivity index (χ0) is 16.9. The van der Waals surface area contributed by atoms with Crippen LogP contribution in [0.3, 0.4) is 0 Å². The standard InChI is InChI=1S/C18H24N4OS/c1-21(2)13-14-9-10-19-18(20-14)16-6-3-11-22(16)17(23)8-7-15-5-4-12-24-15/h4-5,9-10,12,16H,3,6-8,11,13H2,1-2H3/t16-/m1/s1. The molecule has 0 N–H and O–H groups in total. The summed E-state index contributed by atoms with van der Waals surface area (Å²) in [6.45, 7) is 1.60. The van der Waals surface area contributed by atoms with E-state index in [1.807, 2.05) is 37.3 Å². The van der Waals surface area contributed by atoms with Crippen LogP contribution in [0.15, 0.2) is 29.8 Å². The molecule has 3 rings (SSSR count). The molecule has 0 saturated carbocycles. The van der Waals surface area contributed by atoms with Crippen LogP contribution in [0.4, 0.5) is 0 Å². The fourth-order valence-corrected chi connectivity index (χ4v) is 3.86. The largest absolute Gasteiger partial charge is 0.332 e. The summed E-state index contributed by atoms with van der Waals surface area (Å²) in [5.41, 5.74) is 1.00. The highest BCUT2D eigenvalue weighted by Gasteiger charge is 2.31. The maximum atomic E-state index is 12.7. The van der Waals surface area contributed by atoms with E-state index in [2.05, 4.69) is 21.3 Å². The van der Waals surface area contributed by atoms with Crippen LogP contribution < -0.4 is 0 Å². The Balaban J connectivity index is 1.67. The molecule has 1 saturated heterocycles. The maximum Gasteiger partial charge on any atom is 0.223 e. The molecule has 3 heterocycles. The smallest absolute Gasteiger partial charge is 0.223 e. The molecule has 2 aromatic heterocycles. The van der Waals surface area contributed by atoms with E-state index in [1.54, 1.807) is 11.3 Å². The van der Waals surface area contributed by atoms with Crippen LogP contribution in [-0.2, 0) is 17.8 Å². The molecule has 128 valence electrons. The summed E-state index contributed by atoms with van der Waals surface area (Å²) >= 11 is 1.71. The predicted molar refractivity (Wildman–Crippen MR) is 95.8 cm³/mol. The number of nitrogens with zero attached hydrogens (tertiary/aromatic N) is 4. The number of likely N-dealkylation sites (tertiary alicyclic amines) is 1. The molecule has 0 unspecified atom stereocenters. The van der Waals surface area contributed by atoms with Gasteiger partial charge in [-0.2, -0.15) is 0 Å². The van der Waals surface area contributed by atoms with Gasteiger partial charge < -0.3 is 9.80 Å². The van der Waals surface area contributed by atoms with Gasteiger partial charge in [-0.1, -0.05) is 6.07 Å². The van der Waals surface area contributed by atoms with Crippen molar-refractivity contribution < 1.29 is 4.79 Å². The Bertz CT molecular complexity index is 671. The molecule has 0 aromatic carbocycles. The minimum Gasteiger partial charge on any atom is -0.332 e. The lowest BCUT2D eigenvalue weighted by molar-refractivity contribution is -0.132. The minimum atomic E-state index is 0.0305. The molecule has 0 spiro atoms. The Morgan fingerprint density at radius 3 is 3.04 bits per heavy atom. The van der Waals surface area contributed by atoms with Crippen LogP contribution >= 0.6 is 11.3 Å². The number of aromatic nitrogens is 2. The zero-order valence-electron chi connectivity index (χ0n) is 14.3. The Hall–Kier alpha value is -1.79. The first kappa shape index (κ1) is 17.0. The summed E-state index contributed by atoms with van der Waals surface area (Å²) in [5, 5.41) is 2.06. The Morgan fingerprint density at radius 1 is 1.42 bits per heavy atom. The summed E-state index contributed by atoms with van der Waals surface area (Å²) in [5.74, 6) is 1.00. The van der Waals surface area contributed by atoms with Gasteiger partial charge in [0, 0.05) is 30.6 Å². The fourth-order valence-electron chi connectivity index (χ4n) is 3.15. The Kier molecular flexibility index (Phi) is 5.58. The van der Waals surface area contributed by atoms with Crippen LogP contribution in [0.5, 0.6) is 0 Å². The number of thiophene rings is 1. The molecular weight excluding hydrogens is 320 g/mol. The van der Waals surface area contributed by atoms with Gasteiger partial charge in [0.2, 0.25) is 5.91 Å². The van der Waals surface area contributed by atoms with Crippen molar-refractivity contribution in [2.24, 2.45) is 0 Å². The van der Waals surface area contributed by atoms with E-state index in [9.17, 15) is 4.79 Å². The summed E-state index contributed by atoms with van der Waals surface area (Å²) < 4.78 is 0. The van der Waals surface area contributed by atoms with Crippen LogP contribution in [0.25, 0.3) is 0 Å². The van der Waals surface area contributed by atoms with Gasteiger partial charge >= 0.3 is 0 Å². The number of carbonyl (C=O) groups is 1. The molecular formula is C18H24N4OS. The third kappa shape index (κ3) is 4.19. The molecule has 0 bridgehead atoms. The van der Waals surface area contributed by atoms with Gasteiger partial charge in [-0.15, -0.1) is 11.3 Å². The van der Waals surface area contributed by atoms with Crippen molar-refractivity contribution in [1.82, 2.24) is 19.8 Å². The van der Waals surface area contributed by atoms with Crippen molar-refractivity contribution in [2.75, 3.05) is 20.6 Å². The first-order valence-electron chi connectivity index (χ1n) is 8.42. The van der Waals surface area contributed by atoms with Gasteiger partial charge in [-0.05, 0) is 50.9 Å². The molecule has 0 radical (unpaired) electrons. The van der Waals surface area contributed by atoms with Crippen LogP contribution in [0, 0.1) is 0 Å². The molecule has 1 amide bonds. The fraction of sp³-hybridized carbons (Fsp3) is 0.500. The predicted octanol–water partition coefficient (Wildman–Crippen LogP) is 2.90. The molecule has 1 fully saturated rings. The van der Waals surface area contributed by atoms with Crippen molar-refractivity contribution in [1.29, 1.82) is 0 Å². The Morgan fingerprint density at radius 2 is 2.29 bits per heavy atom. The average Bonchev–Trinajstić information content (AvgIpc) is 3.23. The molecule has 1 aliphatic rings. The number of hydrogen-bond acceptors (Lipinski definition) is 5. The number of aryl methyl sites for hydroxylation is 1. The lowest BCUT2D eigenvalue weighted by Crippen LogP contribution is -2.31. The average molecular weight is 344 g/mol. The van der Waals surface area contributed by atoms with Gasteiger partial charge in [0.05, 0.1) is 11.7 Å². The molecule has 5 nitrogen and oxygen atoms in total. The van der Waals surface area contributed by atoms with Crippen LogP contribution in [0.1, 0.15) is 41.7 Å². The van der Waals surface area contributed by atoms with E-state index in [-0.39, 0.29) is 11.9 Å². The highest BCUT2D eigenvalue weighted by molar-refractivity contribution is 7.09. The summed E-state index contributed by atoms with van der Waals surface area (Å²) in [7, 11) is 4.05. The van der Waals surface area contributed by atoms with Crippen LogP contribution in [-0.4, -0.2) is 46.3 Å². The lowest BCUT2D eigenvalue weighted by Gasteiger charge is -2.24. The SMILES string of the molecule is CN(C)Cc1ccnc([C@H]2CCCN2C(=O)CCc2cccs2)n1. The van der Waals surface area contributed by atoms with E-state index in [0.29, 0.717) is 6.42 Å². The van der Waals surface area contributed by atoms with Gasteiger partial charge in [-0.25, -0.2) is 9.97 Å². The second-order valence-electron chi connectivity index (χ2n) is 6.47. The zero-order valence-corrected chi connectivity index (χ0v) is 15.1. The third-order valence-electron chi connectivity index (χ3n) is 4.25. The second-order valence-corrected chi connectivity index (χ2v) is 7.50. The Labute approximate surface area is 147 Å². The molecule has 0 aliphatic carbocycles. The van der Waals surface area contributed by atoms with Gasteiger partial charge in [0.15, 0.2) is 5.82 Å². The highest BCUT2D eigenvalue weighted by Crippen LogP contribution is 2.30. The van der Waals surface area contributed by atoms with Crippen molar-refractivity contribution in [3.8, 4) is 0 Å². The lowest BCUT2D eigenvalue weighted by atomic mass is 10.2. The number of carbonyl (C=O) groups excluding carboxylic acids is 1. The number of hydrogen-bond donors (Lipinski definition) is 0. The van der Waals surface area contributed by atoms with E-state index in [4.69, 9.17) is 4.98 Å². The quantitative estimate of drug-likeness (QED) is 0.808. The van der Waals surface area contributed by atoms with Crippen LogP contribution in [0.2, 0.25) is 0 Å². The number of rotatable bonds is 6. The molecule has 1 atom stereocenters. The van der Waals surface area contributed by atoms with Crippen molar-refractivity contribution in [2.45, 2.75) is 38.3 Å². The van der Waals surface area contributed by atoms with E-state index >= 15 is 0 Å². The van der Waals surface area contributed by atoms with Gasteiger partial charge in [0.25, 0.3) is 0 Å². The third-order valence-corrected chi connectivity index (χ3v) is 5.18. The maximum absolute atomic E-state index is 12.7. The first-order valence-corrected chi connectivity index (χ1v) is 9.30. The minimum absolute atomic E-state index is 0.0305. The van der Waals surface area contributed by atoms with Crippen molar-refractivity contribution >= 4 is 17.2 Å². The second kappa shape index (κ2) is 7.85. The van der Waals surface area contributed by atoms with E-state index in [0.717, 1.165) is 43.9 Å². The molecule has 6 heteroatoms. The van der Waals surface area contributed by atoms with E-state index in [1.165, 1.54) is 4.88 Å². The van der Waals surface area contributed by atoms with Crippen molar-refractivity contribution in [3.05, 3.63) is 46.2 Å². The topological polar surface area (TPSA) is 49.3 Å². The van der Waals surface area contributed by atoms with E-state index < -0.39 is 0 Å². The first-order chi connectivity index (χ1) is 11.6. The number of amides is 1. The molecule has 2 aromatic rings.